The van der Waals surface area contributed by atoms with E-state index in [9.17, 15) is 0 Å². The van der Waals surface area contributed by atoms with Gasteiger partial charge in [-0.2, -0.15) is 0 Å². The van der Waals surface area contributed by atoms with Crippen LogP contribution in [0.4, 0.5) is 0 Å². The molecule has 0 saturated heterocycles. The van der Waals surface area contributed by atoms with Crippen LogP contribution in [0, 0.1) is 6.92 Å². The van der Waals surface area contributed by atoms with Crippen molar-refractivity contribution in [2.24, 2.45) is 0 Å². The second-order valence-electron chi connectivity index (χ2n) is 4.69. The molecule has 0 radical (unpaired) electrons. The SMILES string of the molecule is CCc1cc(Cl)nc(-c2cc(C)nc3ccccc23)n1. The number of pyridine rings is 1. The third-order valence-corrected chi connectivity index (χ3v) is 3.39. The summed E-state index contributed by atoms with van der Waals surface area (Å²) in [6, 6.07) is 11.8. The number of para-hydroxylation sites is 1. The number of aryl methyl sites for hydroxylation is 2. The van der Waals surface area contributed by atoms with Gasteiger partial charge >= 0.3 is 0 Å². The predicted molar refractivity (Wildman–Crippen MR) is 81.9 cm³/mol. The van der Waals surface area contributed by atoms with Gasteiger partial charge in [-0.1, -0.05) is 36.7 Å². The first kappa shape index (κ1) is 13.0. The zero-order chi connectivity index (χ0) is 14.1. The second-order valence-corrected chi connectivity index (χ2v) is 5.07. The average Bonchev–Trinajstić information content (AvgIpc) is 2.45. The largest absolute Gasteiger partial charge is 0.253 e. The molecule has 1 aromatic carbocycles. The Labute approximate surface area is 122 Å². The minimum absolute atomic E-state index is 0.477. The molecule has 0 spiro atoms. The second kappa shape index (κ2) is 5.17. The third-order valence-electron chi connectivity index (χ3n) is 3.20. The van der Waals surface area contributed by atoms with E-state index in [-0.39, 0.29) is 0 Å². The maximum absolute atomic E-state index is 6.10. The molecule has 3 aromatic rings. The van der Waals surface area contributed by atoms with Crippen molar-refractivity contribution in [3.63, 3.8) is 0 Å². The molecule has 0 unspecified atom stereocenters. The molecule has 0 saturated carbocycles. The van der Waals surface area contributed by atoms with Crippen molar-refractivity contribution in [1.29, 1.82) is 0 Å². The molecule has 100 valence electrons. The topological polar surface area (TPSA) is 38.7 Å². The van der Waals surface area contributed by atoms with Gasteiger partial charge in [0.1, 0.15) is 5.15 Å². The van der Waals surface area contributed by atoms with E-state index in [1.165, 1.54) is 0 Å². The molecular formula is C16H14ClN3. The standard InChI is InChI=1S/C16H14ClN3/c1-3-11-9-15(17)20-16(19-11)13-8-10(2)18-14-7-5-4-6-12(13)14/h4-9H,3H2,1-2H3. The molecule has 2 heterocycles. The fourth-order valence-electron chi connectivity index (χ4n) is 2.26. The van der Waals surface area contributed by atoms with Crippen molar-refractivity contribution in [1.82, 2.24) is 15.0 Å². The lowest BCUT2D eigenvalue weighted by Crippen LogP contribution is -1.97. The summed E-state index contributed by atoms with van der Waals surface area (Å²) in [5, 5.41) is 1.52. The van der Waals surface area contributed by atoms with Crippen LogP contribution in [0.15, 0.2) is 36.4 Å². The number of rotatable bonds is 2. The molecule has 20 heavy (non-hydrogen) atoms. The molecular weight excluding hydrogens is 270 g/mol. The zero-order valence-electron chi connectivity index (χ0n) is 11.4. The fourth-order valence-corrected chi connectivity index (χ4v) is 2.46. The van der Waals surface area contributed by atoms with Gasteiger partial charge in [-0.25, -0.2) is 9.97 Å². The molecule has 0 aliphatic rings. The van der Waals surface area contributed by atoms with Crippen LogP contribution in [0.3, 0.4) is 0 Å². The van der Waals surface area contributed by atoms with Crippen LogP contribution in [-0.4, -0.2) is 15.0 Å². The van der Waals surface area contributed by atoms with Crippen molar-refractivity contribution < 1.29 is 0 Å². The number of fused-ring (bicyclic) bond motifs is 1. The van der Waals surface area contributed by atoms with Crippen molar-refractivity contribution in [2.75, 3.05) is 0 Å². The normalized spacial score (nSPS) is 10.9. The van der Waals surface area contributed by atoms with Crippen molar-refractivity contribution in [3.8, 4) is 11.4 Å². The Kier molecular flexibility index (Phi) is 3.36. The highest BCUT2D eigenvalue weighted by Crippen LogP contribution is 2.27. The van der Waals surface area contributed by atoms with Gasteiger partial charge in [-0.05, 0) is 31.5 Å². The third kappa shape index (κ3) is 2.37. The average molecular weight is 284 g/mol. The summed E-state index contributed by atoms with van der Waals surface area (Å²) in [7, 11) is 0. The summed E-state index contributed by atoms with van der Waals surface area (Å²) in [5.74, 6) is 0.663. The van der Waals surface area contributed by atoms with Crippen LogP contribution < -0.4 is 0 Å². The summed E-state index contributed by atoms with van der Waals surface area (Å²) in [5.41, 5.74) is 3.81. The van der Waals surface area contributed by atoms with Crippen LogP contribution in [0.1, 0.15) is 18.3 Å². The number of benzene rings is 1. The molecule has 0 N–H and O–H groups in total. The monoisotopic (exact) mass is 283 g/mol. The van der Waals surface area contributed by atoms with Crippen LogP contribution in [0.2, 0.25) is 5.15 Å². The Morgan fingerprint density at radius 1 is 1.05 bits per heavy atom. The van der Waals surface area contributed by atoms with Gasteiger partial charge in [0.15, 0.2) is 5.82 Å². The summed E-state index contributed by atoms with van der Waals surface area (Å²) < 4.78 is 0. The minimum atomic E-state index is 0.477. The summed E-state index contributed by atoms with van der Waals surface area (Å²) in [6.45, 7) is 4.03. The number of hydrogen-bond donors (Lipinski definition) is 0. The van der Waals surface area contributed by atoms with E-state index in [1.54, 1.807) is 6.07 Å². The Hall–Kier alpha value is -2.00. The lowest BCUT2D eigenvalue weighted by molar-refractivity contribution is 1.01. The molecule has 0 fully saturated rings. The van der Waals surface area contributed by atoms with Gasteiger partial charge in [-0.15, -0.1) is 0 Å². The quantitative estimate of drug-likeness (QED) is 0.661. The Morgan fingerprint density at radius 3 is 2.65 bits per heavy atom. The molecule has 0 aliphatic carbocycles. The molecule has 0 amide bonds. The van der Waals surface area contributed by atoms with Gasteiger partial charge < -0.3 is 0 Å². The zero-order valence-corrected chi connectivity index (χ0v) is 12.1. The molecule has 3 nitrogen and oxygen atoms in total. The van der Waals surface area contributed by atoms with Gasteiger partial charge in [0, 0.05) is 22.3 Å². The summed E-state index contributed by atoms with van der Waals surface area (Å²) in [6.07, 6.45) is 0.831. The van der Waals surface area contributed by atoms with E-state index in [2.05, 4.69) is 21.9 Å². The molecule has 3 rings (SSSR count). The molecule has 0 atom stereocenters. The Bertz CT molecular complexity index is 784. The fraction of sp³-hybridized carbons (Fsp3) is 0.188. The maximum atomic E-state index is 6.10. The first-order valence-corrected chi connectivity index (χ1v) is 6.95. The first-order valence-electron chi connectivity index (χ1n) is 6.57. The molecule has 2 aromatic heterocycles. The van der Waals surface area contributed by atoms with Gasteiger partial charge in [0.05, 0.1) is 5.52 Å². The summed E-state index contributed by atoms with van der Waals surface area (Å²) >= 11 is 6.10. The van der Waals surface area contributed by atoms with Gasteiger partial charge in [0.2, 0.25) is 0 Å². The van der Waals surface area contributed by atoms with E-state index < -0.39 is 0 Å². The smallest absolute Gasteiger partial charge is 0.161 e. The Balaban J connectivity index is 2.31. The molecule has 0 aliphatic heterocycles. The van der Waals surface area contributed by atoms with E-state index in [0.717, 1.165) is 34.3 Å². The number of nitrogens with zero attached hydrogens (tertiary/aromatic N) is 3. The maximum Gasteiger partial charge on any atom is 0.161 e. The van der Waals surface area contributed by atoms with Crippen molar-refractivity contribution in [3.05, 3.63) is 52.9 Å². The highest BCUT2D eigenvalue weighted by atomic mass is 35.5. The van der Waals surface area contributed by atoms with E-state index in [0.29, 0.717) is 11.0 Å². The van der Waals surface area contributed by atoms with Crippen LogP contribution in [0.25, 0.3) is 22.3 Å². The van der Waals surface area contributed by atoms with Crippen molar-refractivity contribution >= 4 is 22.5 Å². The van der Waals surface area contributed by atoms with Crippen LogP contribution in [0.5, 0.6) is 0 Å². The van der Waals surface area contributed by atoms with Gasteiger partial charge in [-0.3, -0.25) is 4.98 Å². The number of halogens is 1. The number of aromatic nitrogens is 3. The highest BCUT2D eigenvalue weighted by molar-refractivity contribution is 6.29. The minimum Gasteiger partial charge on any atom is -0.253 e. The first-order chi connectivity index (χ1) is 9.67. The lowest BCUT2D eigenvalue weighted by atomic mass is 10.1. The van der Waals surface area contributed by atoms with Crippen LogP contribution >= 0.6 is 11.6 Å². The van der Waals surface area contributed by atoms with E-state index in [1.807, 2.05) is 37.3 Å². The number of hydrogen-bond acceptors (Lipinski definition) is 3. The van der Waals surface area contributed by atoms with E-state index in [4.69, 9.17) is 11.6 Å². The Morgan fingerprint density at radius 2 is 1.85 bits per heavy atom. The summed E-state index contributed by atoms with van der Waals surface area (Å²) in [4.78, 5) is 13.5. The van der Waals surface area contributed by atoms with Crippen molar-refractivity contribution in [2.45, 2.75) is 20.3 Å². The van der Waals surface area contributed by atoms with Crippen LogP contribution in [-0.2, 0) is 6.42 Å². The highest BCUT2D eigenvalue weighted by Gasteiger charge is 2.10. The van der Waals surface area contributed by atoms with E-state index >= 15 is 0 Å². The molecule has 4 heteroatoms. The van der Waals surface area contributed by atoms with Gasteiger partial charge in [0.25, 0.3) is 0 Å². The lowest BCUT2D eigenvalue weighted by Gasteiger charge is -2.08. The predicted octanol–water partition coefficient (Wildman–Crippen LogP) is 4.22. The molecule has 0 bridgehead atoms.